The van der Waals surface area contributed by atoms with Crippen molar-refractivity contribution in [1.29, 1.82) is 5.26 Å². The second kappa shape index (κ2) is 18.7. The van der Waals surface area contributed by atoms with E-state index >= 15 is 0 Å². The average Bonchev–Trinajstić information content (AvgIpc) is 3.11. The van der Waals surface area contributed by atoms with Crippen molar-refractivity contribution < 1.29 is 33.8 Å². The summed E-state index contributed by atoms with van der Waals surface area (Å²) in [5, 5.41) is 29.2. The zero-order valence-electron chi connectivity index (χ0n) is 27.8. The van der Waals surface area contributed by atoms with E-state index in [4.69, 9.17) is 14.7 Å². The van der Waals surface area contributed by atoms with E-state index < -0.39 is 0 Å². The van der Waals surface area contributed by atoms with E-state index in [2.05, 4.69) is 21.3 Å². The minimum Gasteiger partial charge on any atom is -0.508 e. The maximum absolute atomic E-state index is 12.3. The molecule has 4 aromatic carbocycles. The van der Waals surface area contributed by atoms with Crippen LogP contribution in [0.4, 0.5) is 0 Å². The van der Waals surface area contributed by atoms with Gasteiger partial charge in [-0.2, -0.15) is 5.26 Å². The number of carbonyl (C=O) groups excluding carboxylic acids is 4. The molecule has 0 bridgehead atoms. The lowest BCUT2D eigenvalue weighted by atomic mass is 10.1. The third kappa shape index (κ3) is 12.1. The third-order valence-corrected chi connectivity index (χ3v) is 6.93. The number of aryl methyl sites for hydroxylation is 2. The second-order valence-electron chi connectivity index (χ2n) is 10.8. The van der Waals surface area contributed by atoms with Crippen LogP contribution < -0.4 is 30.7 Å². The molecule has 0 heterocycles. The third-order valence-electron chi connectivity index (χ3n) is 6.93. The highest BCUT2D eigenvalue weighted by Gasteiger charge is 2.12. The number of aromatic hydroxyl groups is 1. The van der Waals surface area contributed by atoms with Crippen molar-refractivity contribution in [3.8, 4) is 23.3 Å². The summed E-state index contributed by atoms with van der Waals surface area (Å²) in [5.74, 6) is -0.0532. The first-order chi connectivity index (χ1) is 23.5. The monoisotopic (exact) mass is 665 g/mol. The summed E-state index contributed by atoms with van der Waals surface area (Å²) in [6.45, 7) is 3.94. The molecule has 12 heteroatoms. The molecule has 0 saturated heterocycles. The van der Waals surface area contributed by atoms with Crippen LogP contribution in [0.3, 0.4) is 0 Å². The number of likely N-dealkylation sites (N-methyl/N-ethyl adjacent to an activating group) is 2. The summed E-state index contributed by atoms with van der Waals surface area (Å²) in [5.41, 5.74) is 4.56. The van der Waals surface area contributed by atoms with Gasteiger partial charge in [0.15, 0.2) is 13.2 Å². The Balaban J connectivity index is 0.000000267. The molecule has 0 radical (unpaired) electrons. The van der Waals surface area contributed by atoms with E-state index in [0.717, 1.165) is 16.7 Å². The van der Waals surface area contributed by atoms with E-state index in [1.54, 1.807) is 50.4 Å². The summed E-state index contributed by atoms with van der Waals surface area (Å²) in [7, 11) is 3.05. The van der Waals surface area contributed by atoms with Crippen molar-refractivity contribution >= 4 is 23.6 Å². The number of hydrogen-bond acceptors (Lipinski definition) is 8. The van der Waals surface area contributed by atoms with Gasteiger partial charge in [0, 0.05) is 49.4 Å². The molecule has 49 heavy (non-hydrogen) atoms. The van der Waals surface area contributed by atoms with Crippen LogP contribution in [0.1, 0.15) is 48.5 Å². The Morgan fingerprint density at radius 2 is 1.22 bits per heavy atom. The molecule has 12 nitrogen and oxygen atoms in total. The van der Waals surface area contributed by atoms with Crippen molar-refractivity contribution in [2.45, 2.75) is 26.9 Å². The van der Waals surface area contributed by atoms with Crippen LogP contribution in [-0.4, -0.2) is 56.0 Å². The van der Waals surface area contributed by atoms with Gasteiger partial charge in [-0.3, -0.25) is 19.2 Å². The zero-order chi connectivity index (χ0) is 35.8. The van der Waals surface area contributed by atoms with Crippen molar-refractivity contribution in [3.05, 3.63) is 124 Å². The molecule has 0 atom stereocenters. The van der Waals surface area contributed by atoms with Crippen LogP contribution in [0.15, 0.2) is 84.9 Å². The van der Waals surface area contributed by atoms with Crippen LogP contribution in [0.25, 0.3) is 0 Å². The molecule has 254 valence electrons. The number of carbonyl (C=O) groups is 4. The topological polar surface area (TPSA) is 179 Å². The standard InChI is InChI=1S/C19H19N3O4.C18H20N2O3/c1-12-5-15(8-16(23)6-12)19(25)22-10-14-4-3-13(9-20)7-17(14)26-11-18(24)21-2;1-13-8-9-15(16(10-13)23-12-17(21)19-2)11-20-18(22)14-6-4-3-5-7-14/h3-8,23H,10-11H2,1-2H3,(H,21,24)(H,22,25);3-10H,11-12H2,1-2H3,(H,19,21)(H,20,22). The van der Waals surface area contributed by atoms with Crippen molar-refractivity contribution in [3.63, 3.8) is 0 Å². The fourth-order valence-electron chi connectivity index (χ4n) is 4.32. The minimum absolute atomic E-state index is 0.0168. The molecule has 0 spiro atoms. The van der Waals surface area contributed by atoms with Crippen LogP contribution in [-0.2, 0) is 22.7 Å². The summed E-state index contributed by atoms with van der Waals surface area (Å²) in [4.78, 5) is 47.1. The maximum atomic E-state index is 12.3. The first kappa shape index (κ1) is 37.1. The predicted molar refractivity (Wildman–Crippen MR) is 183 cm³/mol. The molecule has 0 aliphatic heterocycles. The van der Waals surface area contributed by atoms with Gasteiger partial charge in [-0.25, -0.2) is 0 Å². The molecule has 0 fully saturated rings. The van der Waals surface area contributed by atoms with Gasteiger partial charge < -0.3 is 35.8 Å². The molecular weight excluding hydrogens is 626 g/mol. The van der Waals surface area contributed by atoms with Gasteiger partial charge in [-0.05, 0) is 73.5 Å². The summed E-state index contributed by atoms with van der Waals surface area (Å²) >= 11 is 0. The van der Waals surface area contributed by atoms with Gasteiger partial charge in [0.25, 0.3) is 23.6 Å². The highest BCUT2D eigenvalue weighted by atomic mass is 16.5. The number of rotatable bonds is 12. The number of nitriles is 1. The number of hydrogen-bond donors (Lipinski definition) is 5. The number of ether oxygens (including phenoxy) is 2. The summed E-state index contributed by atoms with van der Waals surface area (Å²) in [6.07, 6.45) is 0. The Kier molecular flexibility index (Phi) is 14.2. The van der Waals surface area contributed by atoms with Crippen molar-refractivity contribution in [2.75, 3.05) is 27.3 Å². The summed E-state index contributed by atoms with van der Waals surface area (Å²) in [6, 6.07) is 26.1. The number of phenols is 1. The Morgan fingerprint density at radius 3 is 1.78 bits per heavy atom. The molecule has 4 rings (SSSR count). The quantitative estimate of drug-likeness (QED) is 0.152. The highest BCUT2D eigenvalue weighted by molar-refractivity contribution is 5.95. The molecule has 4 aromatic rings. The van der Waals surface area contributed by atoms with Gasteiger partial charge in [0.05, 0.1) is 11.6 Å². The number of phenolic OH excluding ortho intramolecular Hbond substituents is 1. The van der Waals surface area contributed by atoms with Gasteiger partial charge in [0.2, 0.25) is 0 Å². The predicted octanol–water partition coefficient (Wildman–Crippen LogP) is 3.68. The highest BCUT2D eigenvalue weighted by Crippen LogP contribution is 2.22. The molecule has 0 aliphatic rings. The number of nitrogens with one attached hydrogen (secondary N) is 4. The van der Waals surface area contributed by atoms with Gasteiger partial charge in [0.1, 0.15) is 17.2 Å². The van der Waals surface area contributed by atoms with Gasteiger partial charge >= 0.3 is 0 Å². The largest absolute Gasteiger partial charge is 0.508 e. The summed E-state index contributed by atoms with van der Waals surface area (Å²) < 4.78 is 11.0. The number of nitrogens with zero attached hydrogens (tertiary/aromatic N) is 1. The Bertz CT molecular complexity index is 1800. The van der Waals surface area contributed by atoms with E-state index in [1.807, 2.05) is 49.4 Å². The molecule has 4 amide bonds. The minimum atomic E-state index is -0.356. The average molecular weight is 666 g/mol. The molecule has 5 N–H and O–H groups in total. The number of amides is 4. The fourth-order valence-corrected chi connectivity index (χ4v) is 4.32. The van der Waals surface area contributed by atoms with Crippen LogP contribution >= 0.6 is 0 Å². The zero-order valence-corrected chi connectivity index (χ0v) is 27.8. The Hall–Kier alpha value is -6.35. The molecule has 0 unspecified atom stereocenters. The Morgan fingerprint density at radius 1 is 0.673 bits per heavy atom. The lowest BCUT2D eigenvalue weighted by Crippen LogP contribution is -2.26. The van der Waals surface area contributed by atoms with E-state index in [9.17, 15) is 24.3 Å². The molecule has 0 aromatic heterocycles. The van der Waals surface area contributed by atoms with Crippen molar-refractivity contribution in [1.82, 2.24) is 21.3 Å². The molecule has 0 saturated carbocycles. The van der Waals surface area contributed by atoms with Gasteiger partial charge in [-0.1, -0.05) is 36.4 Å². The Labute approximate surface area is 285 Å². The molecular formula is C37H39N5O7. The lowest BCUT2D eigenvalue weighted by Gasteiger charge is -2.13. The van der Waals surface area contributed by atoms with Crippen LogP contribution in [0, 0.1) is 25.2 Å². The molecule has 0 aliphatic carbocycles. The second-order valence-corrected chi connectivity index (χ2v) is 10.8. The van der Waals surface area contributed by atoms with Gasteiger partial charge in [-0.15, -0.1) is 0 Å². The number of benzene rings is 4. The van der Waals surface area contributed by atoms with Crippen molar-refractivity contribution in [2.24, 2.45) is 0 Å². The maximum Gasteiger partial charge on any atom is 0.257 e. The fraction of sp³-hybridized carbons (Fsp3) is 0.216. The lowest BCUT2D eigenvalue weighted by molar-refractivity contribution is -0.123. The first-order valence-electron chi connectivity index (χ1n) is 15.2. The van der Waals surface area contributed by atoms with Crippen LogP contribution in [0.2, 0.25) is 0 Å². The van der Waals surface area contributed by atoms with Crippen LogP contribution in [0.5, 0.6) is 17.2 Å². The smallest absolute Gasteiger partial charge is 0.257 e. The van der Waals surface area contributed by atoms with E-state index in [-0.39, 0.29) is 49.1 Å². The first-order valence-corrected chi connectivity index (χ1v) is 15.2. The normalized spacial score (nSPS) is 9.94. The van der Waals surface area contributed by atoms with E-state index in [1.165, 1.54) is 19.2 Å². The van der Waals surface area contributed by atoms with E-state index in [0.29, 0.717) is 40.3 Å². The SMILES string of the molecule is CNC(=O)COc1cc(C#N)ccc1CNC(=O)c1cc(C)cc(O)c1.CNC(=O)COc1cc(C)ccc1CNC(=O)c1ccccc1.